The van der Waals surface area contributed by atoms with E-state index in [1.165, 1.54) is 10.2 Å². The van der Waals surface area contributed by atoms with Gasteiger partial charge in [0.05, 0.1) is 18.4 Å². The number of aryl methyl sites for hydroxylation is 1. The molecule has 1 heterocycles. The Morgan fingerprint density at radius 2 is 1.71 bits per heavy atom. The van der Waals surface area contributed by atoms with Crippen LogP contribution in [0, 0.1) is 13.8 Å². The van der Waals surface area contributed by atoms with Crippen LogP contribution in [-0.2, 0) is 6.42 Å². The number of aromatic nitrogens is 2. The lowest BCUT2D eigenvalue weighted by atomic mass is 10.0. The number of hydrogen-bond donors (Lipinski definition) is 0. The molecule has 0 spiro atoms. The maximum atomic E-state index is 12.9. The molecule has 3 rings (SSSR count). The van der Waals surface area contributed by atoms with Gasteiger partial charge in [-0.25, -0.2) is 4.68 Å². The number of ether oxygens (including phenoxy) is 1. The van der Waals surface area contributed by atoms with Crippen molar-refractivity contribution in [3.63, 3.8) is 0 Å². The summed E-state index contributed by atoms with van der Waals surface area (Å²) in [4.78, 5) is 12.9. The molecule has 122 valence electrons. The van der Waals surface area contributed by atoms with Gasteiger partial charge in [0.1, 0.15) is 5.75 Å². The van der Waals surface area contributed by atoms with E-state index >= 15 is 0 Å². The molecule has 24 heavy (non-hydrogen) atoms. The zero-order valence-electron chi connectivity index (χ0n) is 14.1. The SMILES string of the molecule is COc1ccccc1C(=O)n1nc(C)c(Cc2ccccc2)c1C. The van der Waals surface area contributed by atoms with Crippen LogP contribution in [0.2, 0.25) is 0 Å². The summed E-state index contributed by atoms with van der Waals surface area (Å²) in [5, 5.41) is 4.47. The van der Waals surface area contributed by atoms with E-state index < -0.39 is 0 Å². The van der Waals surface area contributed by atoms with Crippen molar-refractivity contribution >= 4 is 5.91 Å². The largest absolute Gasteiger partial charge is 0.496 e. The third-order valence-electron chi connectivity index (χ3n) is 4.19. The molecule has 2 aromatic carbocycles. The van der Waals surface area contributed by atoms with Crippen molar-refractivity contribution in [3.05, 3.63) is 82.7 Å². The normalized spacial score (nSPS) is 10.6. The highest BCUT2D eigenvalue weighted by molar-refractivity contribution is 5.98. The molecule has 0 aliphatic carbocycles. The average molecular weight is 320 g/mol. The van der Waals surface area contributed by atoms with Gasteiger partial charge in [-0.1, -0.05) is 42.5 Å². The number of carbonyl (C=O) groups is 1. The van der Waals surface area contributed by atoms with E-state index in [0.29, 0.717) is 11.3 Å². The number of para-hydroxylation sites is 1. The minimum atomic E-state index is -0.174. The Morgan fingerprint density at radius 1 is 1.04 bits per heavy atom. The molecule has 0 fully saturated rings. The maximum absolute atomic E-state index is 12.9. The topological polar surface area (TPSA) is 44.1 Å². The molecule has 4 heteroatoms. The van der Waals surface area contributed by atoms with Gasteiger partial charge in [0.2, 0.25) is 0 Å². The fourth-order valence-electron chi connectivity index (χ4n) is 2.86. The van der Waals surface area contributed by atoms with Crippen molar-refractivity contribution in [2.75, 3.05) is 7.11 Å². The minimum absolute atomic E-state index is 0.174. The first kappa shape index (κ1) is 16.0. The molecule has 0 bridgehead atoms. The number of carbonyl (C=O) groups excluding carboxylic acids is 1. The van der Waals surface area contributed by atoms with Crippen molar-refractivity contribution < 1.29 is 9.53 Å². The van der Waals surface area contributed by atoms with Gasteiger partial charge in [0, 0.05) is 17.7 Å². The van der Waals surface area contributed by atoms with Crippen LogP contribution in [0.15, 0.2) is 54.6 Å². The van der Waals surface area contributed by atoms with Crippen LogP contribution in [0.5, 0.6) is 5.75 Å². The van der Waals surface area contributed by atoms with Gasteiger partial charge in [-0.05, 0) is 31.5 Å². The second kappa shape index (κ2) is 6.71. The summed E-state index contributed by atoms with van der Waals surface area (Å²) < 4.78 is 6.78. The van der Waals surface area contributed by atoms with Crippen LogP contribution < -0.4 is 4.74 Å². The summed E-state index contributed by atoms with van der Waals surface area (Å²) in [6, 6.07) is 17.4. The van der Waals surface area contributed by atoms with Crippen LogP contribution >= 0.6 is 0 Å². The van der Waals surface area contributed by atoms with Gasteiger partial charge in [0.25, 0.3) is 5.91 Å². The Kier molecular flexibility index (Phi) is 4.47. The Hall–Kier alpha value is -2.88. The van der Waals surface area contributed by atoms with E-state index in [1.54, 1.807) is 19.2 Å². The molecule has 0 radical (unpaired) electrons. The summed E-state index contributed by atoms with van der Waals surface area (Å²) in [6.45, 7) is 3.88. The molecule has 0 unspecified atom stereocenters. The van der Waals surface area contributed by atoms with Gasteiger partial charge in [-0.3, -0.25) is 4.79 Å². The standard InChI is InChI=1S/C20H20N2O2/c1-14-18(13-16-9-5-4-6-10-16)15(2)22(21-14)20(23)17-11-7-8-12-19(17)24-3/h4-12H,13H2,1-3H3. The molecular weight excluding hydrogens is 300 g/mol. The fourth-order valence-corrected chi connectivity index (χ4v) is 2.86. The molecular formula is C20H20N2O2. The van der Waals surface area contributed by atoms with Crippen LogP contribution in [-0.4, -0.2) is 22.8 Å². The number of benzene rings is 2. The van der Waals surface area contributed by atoms with E-state index in [9.17, 15) is 4.79 Å². The Balaban J connectivity index is 1.98. The first-order chi connectivity index (χ1) is 11.6. The highest BCUT2D eigenvalue weighted by atomic mass is 16.5. The van der Waals surface area contributed by atoms with E-state index in [-0.39, 0.29) is 5.91 Å². The van der Waals surface area contributed by atoms with Crippen LogP contribution in [0.3, 0.4) is 0 Å². The van der Waals surface area contributed by atoms with Crippen molar-refractivity contribution in [2.45, 2.75) is 20.3 Å². The van der Waals surface area contributed by atoms with Crippen molar-refractivity contribution in [3.8, 4) is 5.75 Å². The molecule has 0 atom stereocenters. The van der Waals surface area contributed by atoms with E-state index in [2.05, 4.69) is 17.2 Å². The maximum Gasteiger partial charge on any atom is 0.282 e. The van der Waals surface area contributed by atoms with Crippen molar-refractivity contribution in [2.24, 2.45) is 0 Å². The highest BCUT2D eigenvalue weighted by Crippen LogP contribution is 2.22. The van der Waals surface area contributed by atoms with E-state index in [1.807, 2.05) is 44.2 Å². The minimum Gasteiger partial charge on any atom is -0.496 e. The number of rotatable bonds is 4. The quantitative estimate of drug-likeness (QED) is 0.734. The second-order valence-corrected chi connectivity index (χ2v) is 5.73. The molecule has 0 N–H and O–H groups in total. The molecule has 0 saturated heterocycles. The molecule has 0 saturated carbocycles. The van der Waals surface area contributed by atoms with Crippen LogP contribution in [0.4, 0.5) is 0 Å². The van der Waals surface area contributed by atoms with E-state index in [0.717, 1.165) is 23.4 Å². The molecule has 1 aromatic heterocycles. The third-order valence-corrected chi connectivity index (χ3v) is 4.19. The third kappa shape index (κ3) is 2.95. The molecule has 4 nitrogen and oxygen atoms in total. The summed E-state index contributed by atoms with van der Waals surface area (Å²) >= 11 is 0. The zero-order chi connectivity index (χ0) is 17.1. The summed E-state index contributed by atoms with van der Waals surface area (Å²) in [6.07, 6.45) is 0.762. The Labute approximate surface area is 141 Å². The summed E-state index contributed by atoms with van der Waals surface area (Å²) in [5.41, 5.74) is 4.54. The molecule has 0 amide bonds. The lowest BCUT2D eigenvalue weighted by Crippen LogP contribution is -2.16. The van der Waals surface area contributed by atoms with Gasteiger partial charge >= 0.3 is 0 Å². The van der Waals surface area contributed by atoms with Gasteiger partial charge < -0.3 is 4.74 Å². The average Bonchev–Trinajstić information content (AvgIpc) is 2.90. The fraction of sp³-hybridized carbons (Fsp3) is 0.200. The number of nitrogens with zero attached hydrogens (tertiary/aromatic N) is 2. The zero-order valence-corrected chi connectivity index (χ0v) is 14.1. The first-order valence-electron chi connectivity index (χ1n) is 7.88. The molecule has 3 aromatic rings. The summed E-state index contributed by atoms with van der Waals surface area (Å²) in [7, 11) is 1.56. The lowest BCUT2D eigenvalue weighted by molar-refractivity contribution is 0.0939. The van der Waals surface area contributed by atoms with Crippen molar-refractivity contribution in [1.29, 1.82) is 0 Å². The lowest BCUT2D eigenvalue weighted by Gasteiger charge is -2.08. The Morgan fingerprint density at radius 3 is 2.42 bits per heavy atom. The monoisotopic (exact) mass is 320 g/mol. The molecule has 0 aliphatic rings. The molecule has 0 aliphatic heterocycles. The predicted molar refractivity (Wildman–Crippen MR) is 93.7 cm³/mol. The van der Waals surface area contributed by atoms with Gasteiger partial charge in [-0.2, -0.15) is 5.10 Å². The van der Waals surface area contributed by atoms with Crippen LogP contribution in [0.1, 0.15) is 32.9 Å². The highest BCUT2D eigenvalue weighted by Gasteiger charge is 2.20. The number of methoxy groups -OCH3 is 1. The number of hydrogen-bond acceptors (Lipinski definition) is 3. The smallest absolute Gasteiger partial charge is 0.282 e. The van der Waals surface area contributed by atoms with Crippen molar-refractivity contribution in [1.82, 2.24) is 9.78 Å². The van der Waals surface area contributed by atoms with Gasteiger partial charge in [0.15, 0.2) is 0 Å². The summed E-state index contributed by atoms with van der Waals surface area (Å²) in [5.74, 6) is 0.382. The van der Waals surface area contributed by atoms with E-state index in [4.69, 9.17) is 4.74 Å². The first-order valence-corrected chi connectivity index (χ1v) is 7.88. The van der Waals surface area contributed by atoms with Crippen LogP contribution in [0.25, 0.3) is 0 Å². The van der Waals surface area contributed by atoms with Gasteiger partial charge in [-0.15, -0.1) is 0 Å². The second-order valence-electron chi connectivity index (χ2n) is 5.73. The Bertz CT molecular complexity index is 867. The predicted octanol–water partition coefficient (Wildman–Crippen LogP) is 3.79.